The van der Waals surface area contributed by atoms with Crippen molar-refractivity contribution in [2.45, 2.75) is 53.1 Å². The first-order chi connectivity index (χ1) is 7.88. The zero-order chi connectivity index (χ0) is 13.2. The maximum absolute atomic E-state index is 12.3. The monoisotopic (exact) mass is 240 g/mol. The number of amides is 2. The molecule has 0 radical (unpaired) electrons. The molecule has 1 aliphatic heterocycles. The molecule has 0 spiro atoms. The van der Waals surface area contributed by atoms with Gasteiger partial charge in [0, 0.05) is 6.04 Å². The standard InChI is InChI=1S/C13H24N2O2/c1-6-9(4)10(5)15-7-11(16)14-12(8(2)3)13(15)17/h8-10,12H,6-7H2,1-5H3,(H,14,16). The van der Waals surface area contributed by atoms with Gasteiger partial charge in [0.05, 0.1) is 6.54 Å². The van der Waals surface area contributed by atoms with Gasteiger partial charge in [-0.3, -0.25) is 9.59 Å². The normalized spacial score (nSPS) is 24.8. The van der Waals surface area contributed by atoms with Gasteiger partial charge in [-0.15, -0.1) is 0 Å². The Bertz CT molecular complexity index is 302. The molecule has 17 heavy (non-hydrogen) atoms. The predicted molar refractivity (Wildman–Crippen MR) is 67.4 cm³/mol. The number of hydrogen-bond acceptors (Lipinski definition) is 2. The minimum absolute atomic E-state index is 0.0431. The molecule has 1 heterocycles. The van der Waals surface area contributed by atoms with Gasteiger partial charge < -0.3 is 10.2 Å². The van der Waals surface area contributed by atoms with Crippen molar-refractivity contribution in [1.82, 2.24) is 10.2 Å². The van der Waals surface area contributed by atoms with E-state index in [2.05, 4.69) is 19.2 Å². The van der Waals surface area contributed by atoms with Crippen LogP contribution in [0.4, 0.5) is 0 Å². The Morgan fingerprint density at radius 3 is 2.35 bits per heavy atom. The van der Waals surface area contributed by atoms with E-state index in [-0.39, 0.29) is 36.4 Å². The van der Waals surface area contributed by atoms with Gasteiger partial charge in [-0.25, -0.2) is 0 Å². The van der Waals surface area contributed by atoms with Crippen molar-refractivity contribution in [3.05, 3.63) is 0 Å². The number of carbonyl (C=O) groups is 2. The average Bonchev–Trinajstić information content (AvgIpc) is 2.29. The molecular formula is C13H24N2O2. The molecule has 98 valence electrons. The Balaban J connectivity index is 2.84. The minimum Gasteiger partial charge on any atom is -0.343 e. The Morgan fingerprint density at radius 2 is 1.88 bits per heavy atom. The second-order valence-electron chi connectivity index (χ2n) is 5.38. The van der Waals surface area contributed by atoms with Gasteiger partial charge in [0.1, 0.15) is 6.04 Å². The molecule has 4 nitrogen and oxygen atoms in total. The third kappa shape index (κ3) is 2.99. The van der Waals surface area contributed by atoms with E-state index in [4.69, 9.17) is 0 Å². The average molecular weight is 240 g/mol. The first-order valence-electron chi connectivity index (χ1n) is 6.48. The second kappa shape index (κ2) is 5.52. The van der Waals surface area contributed by atoms with Gasteiger partial charge in [0.15, 0.2) is 0 Å². The van der Waals surface area contributed by atoms with Crippen LogP contribution in [0.15, 0.2) is 0 Å². The maximum Gasteiger partial charge on any atom is 0.246 e. The highest BCUT2D eigenvalue weighted by Crippen LogP contribution is 2.19. The van der Waals surface area contributed by atoms with Crippen LogP contribution in [0.2, 0.25) is 0 Å². The van der Waals surface area contributed by atoms with Crippen LogP contribution in [0.1, 0.15) is 41.0 Å². The molecule has 0 saturated carbocycles. The number of nitrogens with zero attached hydrogens (tertiary/aromatic N) is 1. The van der Waals surface area contributed by atoms with Gasteiger partial charge in [-0.2, -0.15) is 0 Å². The van der Waals surface area contributed by atoms with Crippen molar-refractivity contribution in [2.75, 3.05) is 6.54 Å². The minimum atomic E-state index is -0.359. The van der Waals surface area contributed by atoms with Gasteiger partial charge >= 0.3 is 0 Å². The molecule has 0 bridgehead atoms. The topological polar surface area (TPSA) is 49.4 Å². The number of piperazine rings is 1. The summed E-state index contributed by atoms with van der Waals surface area (Å²) in [4.78, 5) is 25.7. The Kier molecular flexibility index (Phi) is 4.54. The highest BCUT2D eigenvalue weighted by Gasteiger charge is 2.37. The SMILES string of the molecule is CCC(C)C(C)N1CC(=O)NC(C(C)C)C1=O. The molecule has 1 aliphatic rings. The molecule has 2 amide bonds. The molecule has 0 aliphatic carbocycles. The fraction of sp³-hybridized carbons (Fsp3) is 0.846. The summed E-state index contributed by atoms with van der Waals surface area (Å²) in [5, 5.41) is 2.78. The van der Waals surface area contributed by atoms with Crippen LogP contribution >= 0.6 is 0 Å². The van der Waals surface area contributed by atoms with Crippen LogP contribution < -0.4 is 5.32 Å². The summed E-state index contributed by atoms with van der Waals surface area (Å²) in [7, 11) is 0. The molecule has 1 N–H and O–H groups in total. The van der Waals surface area contributed by atoms with E-state index < -0.39 is 0 Å². The molecule has 1 rings (SSSR count). The molecule has 4 heteroatoms. The van der Waals surface area contributed by atoms with Crippen molar-refractivity contribution in [3.8, 4) is 0 Å². The van der Waals surface area contributed by atoms with Crippen LogP contribution in [-0.4, -0.2) is 35.3 Å². The van der Waals surface area contributed by atoms with Crippen LogP contribution in [0, 0.1) is 11.8 Å². The Labute approximate surface area is 104 Å². The van der Waals surface area contributed by atoms with E-state index in [1.165, 1.54) is 0 Å². The van der Waals surface area contributed by atoms with Crippen molar-refractivity contribution in [3.63, 3.8) is 0 Å². The van der Waals surface area contributed by atoms with Gasteiger partial charge in [0.2, 0.25) is 11.8 Å². The molecule has 0 aromatic heterocycles. The highest BCUT2D eigenvalue weighted by atomic mass is 16.2. The smallest absolute Gasteiger partial charge is 0.246 e. The van der Waals surface area contributed by atoms with E-state index in [1.807, 2.05) is 20.8 Å². The third-order valence-corrected chi connectivity index (χ3v) is 3.81. The highest BCUT2D eigenvalue weighted by molar-refractivity contribution is 5.95. The summed E-state index contributed by atoms with van der Waals surface area (Å²) in [6.07, 6.45) is 1.01. The fourth-order valence-corrected chi connectivity index (χ4v) is 2.14. The van der Waals surface area contributed by atoms with Gasteiger partial charge in [0.25, 0.3) is 0 Å². The summed E-state index contributed by atoms with van der Waals surface area (Å²) < 4.78 is 0. The number of hydrogen-bond donors (Lipinski definition) is 1. The first-order valence-corrected chi connectivity index (χ1v) is 6.48. The maximum atomic E-state index is 12.3. The summed E-state index contributed by atoms with van der Waals surface area (Å²) in [6.45, 7) is 10.4. The second-order valence-corrected chi connectivity index (χ2v) is 5.38. The number of carbonyl (C=O) groups excluding carboxylic acids is 2. The molecular weight excluding hydrogens is 216 g/mol. The summed E-state index contributed by atoms with van der Waals surface area (Å²) in [5.41, 5.74) is 0. The van der Waals surface area contributed by atoms with Crippen LogP contribution in [-0.2, 0) is 9.59 Å². The van der Waals surface area contributed by atoms with Crippen molar-refractivity contribution in [2.24, 2.45) is 11.8 Å². The number of nitrogens with one attached hydrogen (secondary N) is 1. The van der Waals surface area contributed by atoms with Crippen molar-refractivity contribution in [1.29, 1.82) is 0 Å². The van der Waals surface area contributed by atoms with Crippen molar-refractivity contribution < 1.29 is 9.59 Å². The van der Waals surface area contributed by atoms with E-state index in [1.54, 1.807) is 4.90 Å². The quantitative estimate of drug-likeness (QED) is 0.807. The number of rotatable bonds is 4. The van der Waals surface area contributed by atoms with Crippen molar-refractivity contribution >= 4 is 11.8 Å². The molecule has 0 aromatic rings. The third-order valence-electron chi connectivity index (χ3n) is 3.81. The van der Waals surface area contributed by atoms with Crippen LogP contribution in [0.5, 0.6) is 0 Å². The predicted octanol–water partition coefficient (Wildman–Crippen LogP) is 1.40. The zero-order valence-corrected chi connectivity index (χ0v) is 11.5. The zero-order valence-electron chi connectivity index (χ0n) is 11.5. The molecule has 3 atom stereocenters. The molecule has 3 unspecified atom stereocenters. The fourth-order valence-electron chi connectivity index (χ4n) is 2.14. The van der Waals surface area contributed by atoms with E-state index in [0.717, 1.165) is 6.42 Å². The lowest BCUT2D eigenvalue weighted by Gasteiger charge is -2.39. The lowest BCUT2D eigenvalue weighted by atomic mass is 9.95. The van der Waals surface area contributed by atoms with E-state index in [9.17, 15) is 9.59 Å². The van der Waals surface area contributed by atoms with E-state index >= 15 is 0 Å². The van der Waals surface area contributed by atoms with E-state index in [0.29, 0.717) is 5.92 Å². The lowest BCUT2D eigenvalue weighted by molar-refractivity contribution is -0.148. The van der Waals surface area contributed by atoms with Gasteiger partial charge in [-0.05, 0) is 18.8 Å². The first kappa shape index (κ1) is 14.0. The molecule has 0 aromatic carbocycles. The summed E-state index contributed by atoms with van der Waals surface area (Å²) >= 11 is 0. The molecule has 1 saturated heterocycles. The summed E-state index contributed by atoms with van der Waals surface area (Å²) in [5.74, 6) is 0.571. The van der Waals surface area contributed by atoms with Crippen LogP contribution in [0.25, 0.3) is 0 Å². The van der Waals surface area contributed by atoms with Gasteiger partial charge in [-0.1, -0.05) is 34.1 Å². The Morgan fingerprint density at radius 1 is 1.29 bits per heavy atom. The lowest BCUT2D eigenvalue weighted by Crippen LogP contribution is -2.62. The molecule has 1 fully saturated rings. The largest absolute Gasteiger partial charge is 0.343 e. The van der Waals surface area contributed by atoms with Crippen LogP contribution in [0.3, 0.4) is 0 Å². The Hall–Kier alpha value is -1.06. The summed E-state index contributed by atoms with van der Waals surface area (Å²) in [6, 6.07) is -0.234.